The number of hydrogen-bond acceptors (Lipinski definition) is 12. The Bertz CT molecular complexity index is 9090. The third kappa shape index (κ3) is 13.7. The van der Waals surface area contributed by atoms with Gasteiger partial charge in [0.05, 0.1) is 58.2 Å². The van der Waals surface area contributed by atoms with Gasteiger partial charge in [-0.1, -0.05) is 359 Å². The standard InChI is InChI=1S/C60H38N8.C57H39N7/c1-6-20-39(21-7-1)55-61-56(40-22-8-2-9-23-40)64-59(63-55)43-34-35-50(47(38-43)60-65-57(41-24-10-3-11-25-41)62-58(66-60)42-26-12-4-13-27-42)68-49-33-19-17-31-46(49)54-52(68)37-36-51-53(54)45-30-16-18-32-48(45)67(51)44-28-14-5-15-29-44;1-57(2)44-29-17-15-27-41(44)49-45(57)32-34-48-50(49)42-28-16-18-30-46(42)64(48)47-33-31-40(55-60-51(36-19-7-3-8-20-36)58-52(61-55)37-21-9-4-10-22-37)35-43(47)56-62-53(38-23-11-5-12-24-38)59-54(63-56)39-25-13-6-14-26-39/h1-38H;3-35H,1-2H3/i3D,10D,11D,24D,25D;3D,7D,8D,19D,20D. The van der Waals surface area contributed by atoms with E-state index in [1.807, 2.05) is 231 Å². The molecule has 0 saturated carbocycles. The molecule has 0 fully saturated rings. The van der Waals surface area contributed by atoms with Gasteiger partial charge in [-0.3, -0.25) is 0 Å². The lowest BCUT2D eigenvalue weighted by atomic mass is 9.82. The van der Waals surface area contributed by atoms with E-state index in [4.69, 9.17) is 73.5 Å². The van der Waals surface area contributed by atoms with Crippen molar-refractivity contribution in [3.05, 3.63) is 442 Å². The summed E-state index contributed by atoms with van der Waals surface area (Å²) >= 11 is 0. The molecule has 0 spiro atoms. The Hall–Kier alpha value is -17.8. The molecular weight excluding hydrogens is 1620 g/mol. The van der Waals surface area contributed by atoms with E-state index in [-0.39, 0.29) is 51.5 Å². The average molecular weight is 1700 g/mol. The fourth-order valence-corrected chi connectivity index (χ4v) is 18.5. The second-order valence-corrected chi connectivity index (χ2v) is 32.7. The summed E-state index contributed by atoms with van der Waals surface area (Å²) in [6, 6.07) is 119. The molecule has 0 bridgehead atoms. The van der Waals surface area contributed by atoms with Crippen molar-refractivity contribution in [2.45, 2.75) is 19.3 Å². The Labute approximate surface area is 774 Å². The predicted molar refractivity (Wildman–Crippen MR) is 532 cm³/mol. The summed E-state index contributed by atoms with van der Waals surface area (Å²) in [6.45, 7) is 4.59. The number of aromatic nitrogens is 15. The minimum absolute atomic E-state index is 0.0566. The van der Waals surface area contributed by atoms with Gasteiger partial charge in [0.2, 0.25) is 0 Å². The smallest absolute Gasteiger partial charge is 0.166 e. The van der Waals surface area contributed by atoms with E-state index in [9.17, 15) is 0 Å². The Kier molecular flexibility index (Phi) is 16.7. The number of rotatable bonds is 15. The summed E-state index contributed by atoms with van der Waals surface area (Å²) in [5.41, 5.74) is 20.0. The van der Waals surface area contributed by atoms with Gasteiger partial charge in [0.15, 0.2) is 69.9 Å². The highest BCUT2D eigenvalue weighted by molar-refractivity contribution is 6.29. The lowest BCUT2D eigenvalue weighted by Gasteiger charge is -2.21. The maximum absolute atomic E-state index is 9.07. The van der Waals surface area contributed by atoms with Gasteiger partial charge in [-0.25, -0.2) is 59.8 Å². The van der Waals surface area contributed by atoms with Crippen molar-refractivity contribution in [2.24, 2.45) is 0 Å². The molecule has 0 amide bonds. The van der Waals surface area contributed by atoms with Gasteiger partial charge >= 0.3 is 0 Å². The molecule has 7 heterocycles. The number of nitrogens with zero attached hydrogens (tertiary/aromatic N) is 15. The van der Waals surface area contributed by atoms with E-state index in [1.165, 1.54) is 22.3 Å². The number of benzene rings is 17. The molecule has 132 heavy (non-hydrogen) atoms. The topological polar surface area (TPSA) is 169 Å². The van der Waals surface area contributed by atoms with Gasteiger partial charge in [0.1, 0.15) is 0 Å². The van der Waals surface area contributed by atoms with Gasteiger partial charge in [0, 0.05) is 110 Å². The van der Waals surface area contributed by atoms with Crippen LogP contribution in [0, 0.1) is 0 Å². The molecule has 0 aliphatic heterocycles. The molecule has 0 atom stereocenters. The second-order valence-electron chi connectivity index (χ2n) is 32.7. The minimum Gasteiger partial charge on any atom is -0.309 e. The first-order valence-corrected chi connectivity index (χ1v) is 43.4. The molecule has 15 heteroatoms. The van der Waals surface area contributed by atoms with Crippen molar-refractivity contribution in [2.75, 3.05) is 0 Å². The SMILES string of the molecule is [2H]c1c([2H])c([2H])c(-c2nc(-c3ccccc3)nc(-c3cc(-c4nc(-c5ccccc5)nc(-c5ccccc5)n4)ccc3-n3c4ccccc4c4c5c6ccccc6n(-c6ccccc6)c5ccc43)n2)c([2H])c1[2H].[2H]c1c([2H])c([2H])c(-c2nc(-c3ccccc3)nc(-c3ccc(-n4c5ccccc5c5c6c(ccc54)C(C)(C)c4ccccc4-6)c(-c4nc(-c5ccccc5)nc(-c5ccccc5)n4)c3)n2)c([2H])c1[2H]. The lowest BCUT2D eigenvalue weighted by molar-refractivity contribution is 0.661. The minimum atomic E-state index is -0.513. The summed E-state index contributed by atoms with van der Waals surface area (Å²) < 4.78 is 93.8. The maximum Gasteiger partial charge on any atom is 0.166 e. The van der Waals surface area contributed by atoms with Crippen molar-refractivity contribution < 1.29 is 13.7 Å². The van der Waals surface area contributed by atoms with Crippen molar-refractivity contribution in [3.63, 3.8) is 0 Å². The lowest BCUT2D eigenvalue weighted by Crippen LogP contribution is -2.14. The quantitative estimate of drug-likeness (QED) is 0.0953. The second kappa shape index (κ2) is 32.6. The number of para-hydroxylation sites is 4. The van der Waals surface area contributed by atoms with Gasteiger partial charge in [-0.15, -0.1) is 0 Å². The summed E-state index contributed by atoms with van der Waals surface area (Å²) in [4.78, 5) is 60.6. The molecule has 7 aromatic heterocycles. The molecule has 24 aromatic rings. The molecule has 0 unspecified atom stereocenters. The molecule has 620 valence electrons. The molecule has 17 aromatic carbocycles. The monoisotopic (exact) mass is 1700 g/mol. The van der Waals surface area contributed by atoms with E-state index in [0.717, 1.165) is 99.0 Å². The molecule has 1 aliphatic rings. The van der Waals surface area contributed by atoms with Crippen LogP contribution in [0.2, 0.25) is 0 Å². The maximum atomic E-state index is 9.07. The first-order valence-electron chi connectivity index (χ1n) is 48.4. The Morgan fingerprint density at radius 3 is 0.864 bits per heavy atom. The van der Waals surface area contributed by atoms with Crippen LogP contribution in [0.5, 0.6) is 0 Å². The van der Waals surface area contributed by atoms with Crippen LogP contribution in [-0.2, 0) is 5.41 Å². The number of hydrogen-bond donors (Lipinski definition) is 0. The van der Waals surface area contributed by atoms with Crippen LogP contribution in [0.1, 0.15) is 38.7 Å². The predicted octanol–water partition coefficient (Wildman–Crippen LogP) is 27.7. The largest absolute Gasteiger partial charge is 0.309 e. The fourth-order valence-electron chi connectivity index (χ4n) is 18.5. The van der Waals surface area contributed by atoms with Crippen molar-refractivity contribution >= 4 is 65.4 Å². The Balaban J connectivity index is 0.000000154. The van der Waals surface area contributed by atoms with Crippen LogP contribution in [0.4, 0.5) is 0 Å². The highest BCUT2D eigenvalue weighted by atomic mass is 15.1. The summed E-state index contributed by atoms with van der Waals surface area (Å²) in [7, 11) is 0. The fraction of sp³-hybridized carbons (Fsp3) is 0.0256. The van der Waals surface area contributed by atoms with Crippen molar-refractivity contribution in [3.8, 4) is 165 Å². The zero-order chi connectivity index (χ0) is 96.5. The highest BCUT2D eigenvalue weighted by Gasteiger charge is 2.38. The number of fused-ring (bicyclic) bond motifs is 14. The Morgan fingerprint density at radius 1 is 0.205 bits per heavy atom. The van der Waals surface area contributed by atoms with E-state index in [2.05, 4.69) is 167 Å². The van der Waals surface area contributed by atoms with Gasteiger partial charge in [-0.05, 0) is 107 Å². The summed E-state index contributed by atoms with van der Waals surface area (Å²) in [5, 5.41) is 6.56. The van der Waals surface area contributed by atoms with E-state index in [1.54, 1.807) is 0 Å². The molecule has 0 N–H and O–H groups in total. The molecule has 0 radical (unpaired) electrons. The van der Waals surface area contributed by atoms with Crippen molar-refractivity contribution in [1.29, 1.82) is 0 Å². The molecule has 0 saturated heterocycles. The van der Waals surface area contributed by atoms with Crippen molar-refractivity contribution in [1.82, 2.24) is 73.5 Å². The zero-order valence-corrected chi connectivity index (χ0v) is 70.9. The van der Waals surface area contributed by atoms with Crippen LogP contribution in [-0.4, -0.2) is 73.5 Å². The van der Waals surface area contributed by atoms with Gasteiger partial charge in [-0.2, -0.15) is 0 Å². The zero-order valence-electron chi connectivity index (χ0n) is 80.9. The summed E-state index contributed by atoms with van der Waals surface area (Å²) in [5.74, 6) is 3.57. The van der Waals surface area contributed by atoms with Gasteiger partial charge < -0.3 is 13.7 Å². The van der Waals surface area contributed by atoms with Crippen LogP contribution < -0.4 is 0 Å². The van der Waals surface area contributed by atoms with E-state index < -0.39 is 60.4 Å². The molecule has 1 aliphatic carbocycles. The van der Waals surface area contributed by atoms with Crippen LogP contribution in [0.3, 0.4) is 0 Å². The Morgan fingerprint density at radius 2 is 0.485 bits per heavy atom. The normalized spacial score (nSPS) is 13.1. The molecule has 15 nitrogen and oxygen atoms in total. The summed E-state index contributed by atoms with van der Waals surface area (Å²) in [6.07, 6.45) is 0. The molecule has 25 rings (SSSR count). The first-order chi connectivity index (χ1) is 69.4. The molecular formula is C117H77N15. The first kappa shape index (κ1) is 67.5. The van der Waals surface area contributed by atoms with Crippen LogP contribution in [0.25, 0.3) is 230 Å². The third-order valence-corrected chi connectivity index (χ3v) is 24.5. The average Bonchev–Trinajstić information content (AvgIpc) is 1.54. The van der Waals surface area contributed by atoms with Gasteiger partial charge in [0.25, 0.3) is 0 Å². The van der Waals surface area contributed by atoms with Crippen LogP contribution in [0.15, 0.2) is 430 Å². The highest BCUT2D eigenvalue weighted by Crippen LogP contribution is 2.54. The van der Waals surface area contributed by atoms with E-state index in [0.29, 0.717) is 74.0 Å². The van der Waals surface area contributed by atoms with Crippen LogP contribution >= 0.6 is 0 Å². The van der Waals surface area contributed by atoms with E-state index >= 15 is 0 Å². The third-order valence-electron chi connectivity index (χ3n) is 24.5.